The summed E-state index contributed by atoms with van der Waals surface area (Å²) in [6.45, 7) is 6.66. The molecule has 0 amide bonds. The largest absolute Gasteiger partial charge is 0.489 e. The highest BCUT2D eigenvalue weighted by molar-refractivity contribution is 6.30. The Labute approximate surface area is 168 Å². The van der Waals surface area contributed by atoms with Crippen molar-refractivity contribution in [3.8, 4) is 5.75 Å². The molecule has 25 heavy (non-hydrogen) atoms. The van der Waals surface area contributed by atoms with Gasteiger partial charge >= 0.3 is 0 Å². The van der Waals surface area contributed by atoms with Crippen molar-refractivity contribution in [2.24, 2.45) is 0 Å². The standard InChI is InChI=1S/C19H25ClN2O.2ClH/c1-2-21-11-4-12-22-14-17-5-3-6-19(13-17)23-15-16-7-9-18(20)10-8-16;;/h3,5-10,13,21-22H,2,4,11-12,14-15H2,1H3;2*1H. The van der Waals surface area contributed by atoms with Crippen LogP contribution >= 0.6 is 36.4 Å². The SMILES string of the molecule is CCNCCCNCc1cccc(OCc2ccc(Cl)cc2)c1.Cl.Cl. The molecule has 0 atom stereocenters. The number of benzene rings is 2. The van der Waals surface area contributed by atoms with Gasteiger partial charge in [0, 0.05) is 11.6 Å². The Balaban J connectivity index is 0.00000288. The van der Waals surface area contributed by atoms with Gasteiger partial charge < -0.3 is 15.4 Å². The van der Waals surface area contributed by atoms with E-state index in [1.807, 2.05) is 36.4 Å². The topological polar surface area (TPSA) is 33.3 Å². The zero-order chi connectivity index (χ0) is 16.3. The molecule has 0 aliphatic carbocycles. The Kier molecular flexibility index (Phi) is 13.7. The van der Waals surface area contributed by atoms with Crippen LogP contribution in [0, 0.1) is 0 Å². The summed E-state index contributed by atoms with van der Waals surface area (Å²) < 4.78 is 5.85. The van der Waals surface area contributed by atoms with Crippen molar-refractivity contribution in [3.63, 3.8) is 0 Å². The number of ether oxygens (including phenoxy) is 1. The minimum Gasteiger partial charge on any atom is -0.489 e. The van der Waals surface area contributed by atoms with Crippen LogP contribution in [0.5, 0.6) is 5.75 Å². The van der Waals surface area contributed by atoms with Gasteiger partial charge in [0.2, 0.25) is 0 Å². The Morgan fingerprint density at radius 3 is 2.36 bits per heavy atom. The monoisotopic (exact) mass is 404 g/mol. The second-order valence-electron chi connectivity index (χ2n) is 5.45. The van der Waals surface area contributed by atoms with E-state index in [1.54, 1.807) is 0 Å². The van der Waals surface area contributed by atoms with Crippen LogP contribution in [0.15, 0.2) is 48.5 Å². The highest BCUT2D eigenvalue weighted by atomic mass is 35.5. The fraction of sp³-hybridized carbons (Fsp3) is 0.368. The minimum atomic E-state index is 0. The lowest BCUT2D eigenvalue weighted by molar-refractivity contribution is 0.306. The molecule has 0 fully saturated rings. The summed E-state index contributed by atoms with van der Waals surface area (Å²) in [7, 11) is 0. The summed E-state index contributed by atoms with van der Waals surface area (Å²) >= 11 is 5.89. The van der Waals surface area contributed by atoms with Gasteiger partial charge in [0.05, 0.1) is 0 Å². The molecule has 0 heterocycles. The Bertz CT molecular complexity index is 579. The third-order valence-corrected chi connectivity index (χ3v) is 3.76. The molecule has 2 aromatic carbocycles. The summed E-state index contributed by atoms with van der Waals surface area (Å²) in [5.41, 5.74) is 2.35. The number of hydrogen-bond acceptors (Lipinski definition) is 3. The first-order chi connectivity index (χ1) is 11.3. The van der Waals surface area contributed by atoms with Crippen LogP contribution in [0.4, 0.5) is 0 Å². The molecular weight excluding hydrogens is 379 g/mol. The quantitative estimate of drug-likeness (QED) is 0.554. The summed E-state index contributed by atoms with van der Waals surface area (Å²) in [6.07, 6.45) is 1.14. The van der Waals surface area contributed by atoms with E-state index in [-0.39, 0.29) is 24.8 Å². The molecule has 0 spiro atoms. The molecule has 2 aromatic rings. The maximum atomic E-state index is 5.89. The molecule has 2 rings (SSSR count). The van der Waals surface area contributed by atoms with Gasteiger partial charge in [-0.2, -0.15) is 0 Å². The van der Waals surface area contributed by atoms with E-state index in [2.05, 4.69) is 29.7 Å². The van der Waals surface area contributed by atoms with Gasteiger partial charge in [0.1, 0.15) is 12.4 Å². The lowest BCUT2D eigenvalue weighted by Crippen LogP contribution is -2.21. The minimum absolute atomic E-state index is 0. The Morgan fingerprint density at radius 1 is 0.920 bits per heavy atom. The summed E-state index contributed by atoms with van der Waals surface area (Å²) in [5, 5.41) is 7.53. The summed E-state index contributed by atoms with van der Waals surface area (Å²) in [5.74, 6) is 0.895. The van der Waals surface area contributed by atoms with Crippen LogP contribution in [-0.4, -0.2) is 19.6 Å². The molecule has 0 aliphatic rings. The molecule has 0 aliphatic heterocycles. The van der Waals surface area contributed by atoms with E-state index in [0.717, 1.165) is 48.9 Å². The third-order valence-electron chi connectivity index (χ3n) is 3.50. The van der Waals surface area contributed by atoms with Gasteiger partial charge in [-0.3, -0.25) is 0 Å². The molecule has 0 saturated carbocycles. The van der Waals surface area contributed by atoms with Crippen molar-refractivity contribution in [2.75, 3.05) is 19.6 Å². The summed E-state index contributed by atoms with van der Waals surface area (Å²) in [4.78, 5) is 0. The van der Waals surface area contributed by atoms with E-state index in [0.29, 0.717) is 6.61 Å². The average Bonchev–Trinajstić information content (AvgIpc) is 2.58. The zero-order valence-corrected chi connectivity index (χ0v) is 16.9. The molecule has 0 saturated heterocycles. The molecule has 0 bridgehead atoms. The highest BCUT2D eigenvalue weighted by Crippen LogP contribution is 2.16. The van der Waals surface area contributed by atoms with Gasteiger partial charge in [-0.05, 0) is 61.4 Å². The van der Waals surface area contributed by atoms with Gasteiger partial charge in [-0.1, -0.05) is 42.8 Å². The molecule has 0 unspecified atom stereocenters. The molecular formula is C19H27Cl3N2O. The van der Waals surface area contributed by atoms with Crippen LogP contribution < -0.4 is 15.4 Å². The second kappa shape index (κ2) is 14.2. The van der Waals surface area contributed by atoms with Crippen molar-refractivity contribution >= 4 is 36.4 Å². The number of hydrogen-bond donors (Lipinski definition) is 2. The molecule has 140 valence electrons. The smallest absolute Gasteiger partial charge is 0.120 e. The first-order valence-electron chi connectivity index (χ1n) is 8.15. The highest BCUT2D eigenvalue weighted by Gasteiger charge is 1.99. The average molecular weight is 406 g/mol. The molecule has 2 N–H and O–H groups in total. The number of halogens is 3. The van der Waals surface area contributed by atoms with E-state index < -0.39 is 0 Å². The maximum Gasteiger partial charge on any atom is 0.120 e. The fourth-order valence-electron chi connectivity index (χ4n) is 2.24. The van der Waals surface area contributed by atoms with Crippen LogP contribution in [0.2, 0.25) is 5.02 Å². The van der Waals surface area contributed by atoms with Crippen LogP contribution in [0.3, 0.4) is 0 Å². The van der Waals surface area contributed by atoms with Gasteiger partial charge in [-0.15, -0.1) is 24.8 Å². The van der Waals surface area contributed by atoms with Gasteiger partial charge in [0.25, 0.3) is 0 Å². The Hall–Kier alpha value is -0.970. The molecule has 6 heteroatoms. The first kappa shape index (κ1) is 24.0. The fourth-order valence-corrected chi connectivity index (χ4v) is 2.37. The van der Waals surface area contributed by atoms with Crippen LogP contribution in [0.1, 0.15) is 24.5 Å². The van der Waals surface area contributed by atoms with E-state index >= 15 is 0 Å². The van der Waals surface area contributed by atoms with E-state index in [4.69, 9.17) is 16.3 Å². The maximum absolute atomic E-state index is 5.89. The third kappa shape index (κ3) is 9.93. The zero-order valence-electron chi connectivity index (χ0n) is 14.5. The lowest BCUT2D eigenvalue weighted by atomic mass is 10.2. The lowest BCUT2D eigenvalue weighted by Gasteiger charge is -2.09. The van der Waals surface area contributed by atoms with Crippen molar-refractivity contribution in [2.45, 2.75) is 26.5 Å². The predicted octanol–water partition coefficient (Wildman–Crippen LogP) is 4.85. The van der Waals surface area contributed by atoms with Crippen LogP contribution in [-0.2, 0) is 13.2 Å². The van der Waals surface area contributed by atoms with Gasteiger partial charge in [-0.25, -0.2) is 0 Å². The van der Waals surface area contributed by atoms with Crippen molar-refractivity contribution < 1.29 is 4.74 Å². The Morgan fingerprint density at radius 2 is 1.64 bits per heavy atom. The molecule has 0 aromatic heterocycles. The van der Waals surface area contributed by atoms with Gasteiger partial charge in [0.15, 0.2) is 0 Å². The van der Waals surface area contributed by atoms with Crippen LogP contribution in [0.25, 0.3) is 0 Å². The van der Waals surface area contributed by atoms with Crippen molar-refractivity contribution in [1.82, 2.24) is 10.6 Å². The van der Waals surface area contributed by atoms with Crippen molar-refractivity contribution in [3.05, 3.63) is 64.7 Å². The van der Waals surface area contributed by atoms with E-state index in [9.17, 15) is 0 Å². The molecule has 3 nitrogen and oxygen atoms in total. The molecule has 0 radical (unpaired) electrons. The second-order valence-corrected chi connectivity index (χ2v) is 5.88. The number of rotatable bonds is 10. The summed E-state index contributed by atoms with van der Waals surface area (Å²) in [6, 6.07) is 16.0. The number of nitrogens with one attached hydrogen (secondary N) is 2. The van der Waals surface area contributed by atoms with Crippen molar-refractivity contribution in [1.29, 1.82) is 0 Å². The normalized spacial score (nSPS) is 9.84. The first-order valence-corrected chi connectivity index (χ1v) is 8.53. The van der Waals surface area contributed by atoms with E-state index in [1.165, 1.54) is 5.56 Å². The predicted molar refractivity (Wildman–Crippen MR) is 112 cm³/mol.